The van der Waals surface area contributed by atoms with Gasteiger partial charge in [0.05, 0.1) is 21.8 Å². The predicted octanol–water partition coefficient (Wildman–Crippen LogP) is 4.92. The quantitative estimate of drug-likeness (QED) is 0.857. The molecular formula is C13H16Cl2N2S. The fraction of sp³-hybridized carbons (Fsp3) is 0.462. The van der Waals surface area contributed by atoms with E-state index in [4.69, 9.17) is 23.2 Å². The summed E-state index contributed by atoms with van der Waals surface area (Å²) in [4.78, 5) is 4.66. The van der Waals surface area contributed by atoms with Gasteiger partial charge in [-0.25, -0.2) is 0 Å². The number of hydrogen-bond acceptors (Lipinski definition) is 3. The Bertz CT molecular complexity index is 460. The van der Waals surface area contributed by atoms with Crippen molar-refractivity contribution >= 4 is 45.8 Å². The third kappa shape index (κ3) is 3.56. The first-order valence-corrected chi connectivity index (χ1v) is 7.72. The van der Waals surface area contributed by atoms with Gasteiger partial charge in [-0.1, -0.05) is 54.9 Å². The highest BCUT2D eigenvalue weighted by Gasteiger charge is 2.19. The maximum absolute atomic E-state index is 6.13. The van der Waals surface area contributed by atoms with Gasteiger partial charge in [0.2, 0.25) is 0 Å². The topological polar surface area (TPSA) is 24.4 Å². The lowest BCUT2D eigenvalue weighted by molar-refractivity contribution is 0.529. The highest BCUT2D eigenvalue weighted by atomic mass is 35.5. The number of thioether (sulfide) groups is 1. The highest BCUT2D eigenvalue weighted by Crippen LogP contribution is 2.31. The number of anilines is 1. The summed E-state index contributed by atoms with van der Waals surface area (Å²) in [6.07, 6.45) is 1.13. The van der Waals surface area contributed by atoms with Crippen molar-refractivity contribution in [2.45, 2.75) is 26.3 Å². The van der Waals surface area contributed by atoms with Crippen molar-refractivity contribution in [3.05, 3.63) is 28.2 Å². The molecule has 0 fully saturated rings. The number of aliphatic imine (C=N–C) groups is 1. The van der Waals surface area contributed by atoms with Crippen molar-refractivity contribution < 1.29 is 0 Å². The standard InChI is InChI=1S/C13H16Cl2N2S/c1-8(2)6-9-7-18-13(16-9)17-11-5-3-4-10(14)12(11)15/h3-5,8-9H,6-7H2,1-2H3,(H,16,17)/t9-/m0/s1. The van der Waals surface area contributed by atoms with Crippen molar-refractivity contribution in [2.24, 2.45) is 10.9 Å². The summed E-state index contributed by atoms with van der Waals surface area (Å²) in [5, 5.41) is 5.29. The van der Waals surface area contributed by atoms with Crippen LogP contribution in [0.3, 0.4) is 0 Å². The van der Waals surface area contributed by atoms with Crippen LogP contribution in [0.25, 0.3) is 0 Å². The van der Waals surface area contributed by atoms with Crippen LogP contribution in [0, 0.1) is 5.92 Å². The van der Waals surface area contributed by atoms with E-state index in [0.717, 1.165) is 23.0 Å². The molecule has 1 aliphatic heterocycles. The predicted molar refractivity (Wildman–Crippen MR) is 83.2 cm³/mol. The molecule has 0 spiro atoms. The zero-order chi connectivity index (χ0) is 13.1. The van der Waals surface area contributed by atoms with Gasteiger partial charge in [0.1, 0.15) is 0 Å². The van der Waals surface area contributed by atoms with Gasteiger partial charge in [0.15, 0.2) is 5.17 Å². The number of halogens is 2. The van der Waals surface area contributed by atoms with Gasteiger partial charge in [-0.3, -0.25) is 4.99 Å². The fourth-order valence-corrected chi connectivity index (χ4v) is 3.18. The number of hydrogen-bond donors (Lipinski definition) is 1. The van der Waals surface area contributed by atoms with Crippen molar-refractivity contribution in [3.8, 4) is 0 Å². The molecule has 2 nitrogen and oxygen atoms in total. The average Bonchev–Trinajstić information content (AvgIpc) is 2.71. The molecule has 1 heterocycles. The zero-order valence-electron chi connectivity index (χ0n) is 10.4. The molecule has 0 amide bonds. The van der Waals surface area contributed by atoms with Crippen LogP contribution in [0.2, 0.25) is 10.0 Å². The van der Waals surface area contributed by atoms with Gasteiger partial charge in [-0.2, -0.15) is 0 Å². The first kappa shape index (κ1) is 14.0. The Morgan fingerprint density at radius 3 is 2.94 bits per heavy atom. The molecule has 98 valence electrons. The monoisotopic (exact) mass is 302 g/mol. The Balaban J connectivity index is 2.04. The van der Waals surface area contributed by atoms with Crippen LogP contribution in [0.15, 0.2) is 23.2 Å². The summed E-state index contributed by atoms with van der Waals surface area (Å²) in [5.41, 5.74) is 0.820. The first-order chi connectivity index (χ1) is 8.56. The molecule has 1 N–H and O–H groups in total. The number of nitrogens with one attached hydrogen (secondary N) is 1. The van der Waals surface area contributed by atoms with Gasteiger partial charge in [-0.05, 0) is 24.5 Å². The summed E-state index contributed by atoms with van der Waals surface area (Å²) < 4.78 is 0. The van der Waals surface area contributed by atoms with Crippen LogP contribution < -0.4 is 5.32 Å². The maximum atomic E-state index is 6.13. The number of nitrogens with zero attached hydrogens (tertiary/aromatic N) is 1. The van der Waals surface area contributed by atoms with Gasteiger partial charge in [0.25, 0.3) is 0 Å². The largest absolute Gasteiger partial charge is 0.334 e. The third-order valence-corrected chi connectivity index (χ3v) is 4.50. The van der Waals surface area contributed by atoms with E-state index in [1.807, 2.05) is 12.1 Å². The van der Waals surface area contributed by atoms with E-state index in [0.29, 0.717) is 22.0 Å². The highest BCUT2D eigenvalue weighted by molar-refractivity contribution is 8.14. The Morgan fingerprint density at radius 1 is 1.44 bits per heavy atom. The van der Waals surface area contributed by atoms with Crippen molar-refractivity contribution in [1.29, 1.82) is 0 Å². The summed E-state index contributed by atoms with van der Waals surface area (Å²) in [5.74, 6) is 1.71. The van der Waals surface area contributed by atoms with Gasteiger partial charge in [0, 0.05) is 5.75 Å². The SMILES string of the molecule is CC(C)C[C@H]1CSC(Nc2cccc(Cl)c2Cl)=N1. The van der Waals surface area contributed by atoms with E-state index in [2.05, 4.69) is 24.2 Å². The van der Waals surface area contributed by atoms with Crippen LogP contribution in [-0.4, -0.2) is 17.0 Å². The second-order valence-electron chi connectivity index (χ2n) is 4.76. The lowest BCUT2D eigenvalue weighted by Gasteiger charge is -2.08. The molecule has 0 aliphatic carbocycles. The molecule has 1 aromatic carbocycles. The van der Waals surface area contributed by atoms with Crippen LogP contribution in [-0.2, 0) is 0 Å². The first-order valence-electron chi connectivity index (χ1n) is 5.98. The second kappa shape index (κ2) is 6.18. The molecule has 2 rings (SSSR count). The van der Waals surface area contributed by atoms with Gasteiger partial charge >= 0.3 is 0 Å². The van der Waals surface area contributed by atoms with E-state index >= 15 is 0 Å². The van der Waals surface area contributed by atoms with Crippen LogP contribution in [0.5, 0.6) is 0 Å². The minimum Gasteiger partial charge on any atom is -0.334 e. The lowest BCUT2D eigenvalue weighted by atomic mass is 10.1. The number of amidine groups is 1. The molecule has 1 aliphatic rings. The maximum Gasteiger partial charge on any atom is 0.161 e. The van der Waals surface area contributed by atoms with E-state index in [1.54, 1.807) is 17.8 Å². The lowest BCUT2D eigenvalue weighted by Crippen LogP contribution is -2.08. The minimum atomic E-state index is 0.412. The van der Waals surface area contributed by atoms with Crippen LogP contribution in [0.4, 0.5) is 5.69 Å². The summed E-state index contributed by atoms with van der Waals surface area (Å²) in [7, 11) is 0. The molecule has 0 aromatic heterocycles. The van der Waals surface area contributed by atoms with E-state index in [-0.39, 0.29) is 0 Å². The Morgan fingerprint density at radius 2 is 2.22 bits per heavy atom. The molecule has 0 unspecified atom stereocenters. The number of benzene rings is 1. The van der Waals surface area contributed by atoms with Gasteiger partial charge in [-0.15, -0.1) is 0 Å². The Hall–Kier alpha value is -0.380. The normalized spacial score (nSPS) is 19.2. The Labute approximate surface area is 122 Å². The average molecular weight is 303 g/mol. The van der Waals surface area contributed by atoms with Crippen LogP contribution in [0.1, 0.15) is 20.3 Å². The molecule has 0 saturated heterocycles. The molecule has 5 heteroatoms. The van der Waals surface area contributed by atoms with Crippen LogP contribution >= 0.6 is 35.0 Å². The van der Waals surface area contributed by atoms with Crippen molar-refractivity contribution in [3.63, 3.8) is 0 Å². The van der Waals surface area contributed by atoms with E-state index < -0.39 is 0 Å². The third-order valence-electron chi connectivity index (χ3n) is 2.65. The van der Waals surface area contributed by atoms with Crippen molar-refractivity contribution in [2.75, 3.05) is 11.1 Å². The smallest absolute Gasteiger partial charge is 0.161 e. The molecule has 1 aromatic rings. The van der Waals surface area contributed by atoms with Gasteiger partial charge < -0.3 is 5.32 Å². The Kier molecular flexibility index (Phi) is 4.82. The summed E-state index contributed by atoms with van der Waals surface area (Å²) >= 11 is 13.9. The fourth-order valence-electron chi connectivity index (χ4n) is 1.86. The summed E-state index contributed by atoms with van der Waals surface area (Å²) in [6.45, 7) is 4.44. The van der Waals surface area contributed by atoms with Crippen molar-refractivity contribution in [1.82, 2.24) is 0 Å². The molecule has 0 bridgehead atoms. The second-order valence-corrected chi connectivity index (χ2v) is 6.55. The molecule has 1 atom stereocenters. The minimum absolute atomic E-state index is 0.412. The molecule has 0 radical (unpaired) electrons. The summed E-state index contributed by atoms with van der Waals surface area (Å²) in [6, 6.07) is 5.98. The zero-order valence-corrected chi connectivity index (χ0v) is 12.7. The molecule has 0 saturated carbocycles. The van der Waals surface area contributed by atoms with E-state index in [1.165, 1.54) is 0 Å². The molecular weight excluding hydrogens is 287 g/mol. The molecule has 18 heavy (non-hydrogen) atoms. The van der Waals surface area contributed by atoms with E-state index in [9.17, 15) is 0 Å². The number of rotatable bonds is 3.